The largest absolute Gasteiger partial charge is 0.417 e. The molecule has 1 rings (SSSR count). The fourth-order valence-electron chi connectivity index (χ4n) is 0.966. The van der Waals surface area contributed by atoms with Gasteiger partial charge in [0.1, 0.15) is 4.99 Å². The lowest BCUT2D eigenvalue weighted by atomic mass is 10.1. The maximum Gasteiger partial charge on any atom is 0.417 e. The summed E-state index contributed by atoms with van der Waals surface area (Å²) in [6.07, 6.45) is -4.50. The summed E-state index contributed by atoms with van der Waals surface area (Å²) in [5.41, 5.74) is 4.03. The van der Waals surface area contributed by atoms with Gasteiger partial charge in [0, 0.05) is 10.6 Å². The Bertz CT molecular complexity index is 375. The van der Waals surface area contributed by atoms with Crippen LogP contribution in [-0.4, -0.2) is 4.99 Å². The molecule has 0 aromatic heterocycles. The van der Waals surface area contributed by atoms with E-state index in [1.54, 1.807) is 0 Å². The number of halogens is 4. The highest BCUT2D eigenvalue weighted by Gasteiger charge is 2.34. The third-order valence-corrected chi connectivity index (χ3v) is 2.01. The van der Waals surface area contributed by atoms with Crippen molar-refractivity contribution in [2.75, 3.05) is 0 Å². The van der Waals surface area contributed by atoms with Crippen LogP contribution in [0.2, 0.25) is 5.02 Å². The predicted octanol–water partition coefficient (Wildman–Crippen LogP) is 2.99. The summed E-state index contributed by atoms with van der Waals surface area (Å²) < 4.78 is 37.2. The molecule has 0 saturated heterocycles. The second-order valence-electron chi connectivity index (χ2n) is 2.55. The highest BCUT2D eigenvalue weighted by atomic mass is 35.5. The minimum Gasteiger partial charge on any atom is -0.389 e. The number of hydrogen-bond donors (Lipinski definition) is 1. The van der Waals surface area contributed by atoms with Gasteiger partial charge < -0.3 is 5.73 Å². The van der Waals surface area contributed by atoms with Gasteiger partial charge in [-0.05, 0) is 18.2 Å². The lowest BCUT2D eigenvalue weighted by molar-refractivity contribution is -0.137. The van der Waals surface area contributed by atoms with Crippen molar-refractivity contribution in [3.8, 4) is 0 Å². The Morgan fingerprint density at radius 2 is 1.93 bits per heavy atom. The zero-order chi connectivity index (χ0) is 10.9. The summed E-state index contributed by atoms with van der Waals surface area (Å²) in [6.45, 7) is 0. The van der Waals surface area contributed by atoms with Crippen molar-refractivity contribution < 1.29 is 13.2 Å². The Balaban J connectivity index is 3.38. The van der Waals surface area contributed by atoms with Crippen LogP contribution < -0.4 is 5.73 Å². The van der Waals surface area contributed by atoms with E-state index in [1.807, 2.05) is 0 Å². The first kappa shape index (κ1) is 11.3. The van der Waals surface area contributed by atoms with E-state index in [4.69, 9.17) is 17.3 Å². The molecule has 0 atom stereocenters. The van der Waals surface area contributed by atoms with Crippen molar-refractivity contribution in [1.29, 1.82) is 0 Å². The maximum atomic E-state index is 12.4. The van der Waals surface area contributed by atoms with E-state index in [2.05, 4.69) is 12.2 Å². The van der Waals surface area contributed by atoms with Crippen LogP contribution in [0.15, 0.2) is 18.2 Å². The van der Waals surface area contributed by atoms with Gasteiger partial charge in [-0.25, -0.2) is 0 Å². The van der Waals surface area contributed by atoms with E-state index >= 15 is 0 Å². The third-order valence-electron chi connectivity index (χ3n) is 1.55. The van der Waals surface area contributed by atoms with Crippen molar-refractivity contribution in [1.82, 2.24) is 0 Å². The van der Waals surface area contributed by atoms with Crippen LogP contribution in [0.4, 0.5) is 13.2 Å². The standard InChI is InChI=1S/C8H5ClF3NS/c9-4-1-2-5(7(13)14)6(3-4)8(10,11)12/h1-3H,(H2,13,14). The van der Waals surface area contributed by atoms with Crippen molar-refractivity contribution in [2.45, 2.75) is 6.18 Å². The first-order chi connectivity index (χ1) is 6.32. The molecule has 0 saturated carbocycles. The SMILES string of the molecule is NC(=S)c1ccc(Cl)cc1C(F)(F)F. The molecule has 0 aliphatic heterocycles. The van der Waals surface area contributed by atoms with Gasteiger partial charge in [-0.15, -0.1) is 0 Å². The average Bonchev–Trinajstić information content (AvgIpc) is 2.01. The van der Waals surface area contributed by atoms with Crippen LogP contribution in [0.3, 0.4) is 0 Å². The zero-order valence-corrected chi connectivity index (χ0v) is 8.30. The molecule has 1 aromatic carbocycles. The molecule has 0 amide bonds. The molecule has 76 valence electrons. The molecule has 6 heteroatoms. The van der Waals surface area contributed by atoms with Gasteiger partial charge in [0.05, 0.1) is 5.56 Å². The van der Waals surface area contributed by atoms with Crippen LogP contribution in [0.25, 0.3) is 0 Å². The summed E-state index contributed by atoms with van der Waals surface area (Å²) in [6, 6.07) is 3.27. The van der Waals surface area contributed by atoms with E-state index in [9.17, 15) is 13.2 Å². The number of benzene rings is 1. The van der Waals surface area contributed by atoms with E-state index in [0.717, 1.165) is 12.1 Å². The summed E-state index contributed by atoms with van der Waals surface area (Å²) in [4.78, 5) is -0.297. The molecule has 14 heavy (non-hydrogen) atoms. The summed E-state index contributed by atoms with van der Waals surface area (Å²) >= 11 is 9.94. The van der Waals surface area contributed by atoms with Gasteiger partial charge in [0.25, 0.3) is 0 Å². The van der Waals surface area contributed by atoms with Gasteiger partial charge in [-0.1, -0.05) is 23.8 Å². The summed E-state index contributed by atoms with van der Waals surface area (Å²) in [5, 5.41) is -0.00248. The molecule has 0 bridgehead atoms. The number of alkyl halides is 3. The second-order valence-corrected chi connectivity index (χ2v) is 3.43. The fraction of sp³-hybridized carbons (Fsp3) is 0.125. The minimum atomic E-state index is -4.50. The Morgan fingerprint density at radius 1 is 1.36 bits per heavy atom. The molecule has 0 heterocycles. The number of rotatable bonds is 1. The topological polar surface area (TPSA) is 26.0 Å². The smallest absolute Gasteiger partial charge is 0.389 e. The molecular formula is C8H5ClF3NS. The summed E-state index contributed by atoms with van der Waals surface area (Å²) in [5.74, 6) is 0. The maximum absolute atomic E-state index is 12.4. The lowest BCUT2D eigenvalue weighted by Gasteiger charge is -2.11. The first-order valence-corrected chi connectivity index (χ1v) is 4.27. The first-order valence-electron chi connectivity index (χ1n) is 3.49. The Labute approximate surface area is 88.7 Å². The molecule has 0 aliphatic rings. The molecule has 1 nitrogen and oxygen atoms in total. The monoisotopic (exact) mass is 239 g/mol. The van der Waals surface area contributed by atoms with Gasteiger partial charge in [-0.2, -0.15) is 13.2 Å². The lowest BCUT2D eigenvalue weighted by Crippen LogP contribution is -2.17. The van der Waals surface area contributed by atoms with Crippen molar-refractivity contribution in [2.24, 2.45) is 5.73 Å². The van der Waals surface area contributed by atoms with Gasteiger partial charge in [0.2, 0.25) is 0 Å². The van der Waals surface area contributed by atoms with E-state index in [1.165, 1.54) is 6.07 Å². The summed E-state index contributed by atoms with van der Waals surface area (Å²) in [7, 11) is 0. The molecule has 0 unspecified atom stereocenters. The van der Waals surface area contributed by atoms with E-state index in [0.29, 0.717) is 0 Å². The predicted molar refractivity (Wildman–Crippen MR) is 52.3 cm³/mol. The van der Waals surface area contributed by atoms with Crippen LogP contribution in [-0.2, 0) is 6.18 Å². The third kappa shape index (κ3) is 2.36. The van der Waals surface area contributed by atoms with Gasteiger partial charge >= 0.3 is 6.18 Å². The van der Waals surface area contributed by atoms with Gasteiger partial charge in [-0.3, -0.25) is 0 Å². The van der Waals surface area contributed by atoms with Crippen LogP contribution in [0, 0.1) is 0 Å². The molecule has 2 N–H and O–H groups in total. The minimum absolute atomic E-state index is 0.00248. The van der Waals surface area contributed by atoms with E-state index in [-0.39, 0.29) is 15.6 Å². The van der Waals surface area contributed by atoms with E-state index < -0.39 is 11.7 Å². The van der Waals surface area contributed by atoms with Gasteiger partial charge in [0.15, 0.2) is 0 Å². The molecule has 0 spiro atoms. The highest BCUT2D eigenvalue weighted by molar-refractivity contribution is 7.80. The zero-order valence-electron chi connectivity index (χ0n) is 6.73. The second kappa shape index (κ2) is 3.74. The Morgan fingerprint density at radius 3 is 2.36 bits per heavy atom. The van der Waals surface area contributed by atoms with Crippen LogP contribution in [0.1, 0.15) is 11.1 Å². The molecule has 0 radical (unpaired) electrons. The molecule has 0 aliphatic carbocycles. The normalized spacial score (nSPS) is 11.4. The molecular weight excluding hydrogens is 235 g/mol. The molecule has 0 fully saturated rings. The fourth-order valence-corrected chi connectivity index (χ4v) is 1.32. The quantitative estimate of drug-likeness (QED) is 0.763. The molecule has 1 aromatic rings. The number of nitrogens with two attached hydrogens (primary N) is 1. The Hall–Kier alpha value is -0.810. The highest BCUT2D eigenvalue weighted by Crippen LogP contribution is 2.33. The van der Waals surface area contributed by atoms with Crippen LogP contribution in [0.5, 0.6) is 0 Å². The Kier molecular flexibility index (Phi) is 3.01. The van der Waals surface area contributed by atoms with Crippen LogP contribution >= 0.6 is 23.8 Å². The van der Waals surface area contributed by atoms with Crippen molar-refractivity contribution in [3.05, 3.63) is 34.3 Å². The average molecular weight is 240 g/mol. The van der Waals surface area contributed by atoms with Crippen molar-refractivity contribution >= 4 is 28.8 Å². The van der Waals surface area contributed by atoms with Crippen molar-refractivity contribution in [3.63, 3.8) is 0 Å². The number of thiocarbonyl (C=S) groups is 1. The number of hydrogen-bond acceptors (Lipinski definition) is 1.